The molecule has 0 aliphatic rings. The van der Waals surface area contributed by atoms with Gasteiger partial charge in [0.1, 0.15) is 11.9 Å². The third kappa shape index (κ3) is 1.79. The molecule has 0 radical (unpaired) electrons. The van der Waals surface area contributed by atoms with Crippen LogP contribution >= 0.6 is 0 Å². The Morgan fingerprint density at radius 1 is 1.75 bits per heavy atom. The summed E-state index contributed by atoms with van der Waals surface area (Å²) in [5.74, 6) is -0.207. The molecule has 0 saturated carbocycles. The van der Waals surface area contributed by atoms with E-state index in [0.29, 0.717) is 12.2 Å². The van der Waals surface area contributed by atoms with Gasteiger partial charge in [-0.2, -0.15) is 15.0 Å². The zero-order chi connectivity index (χ0) is 9.14. The van der Waals surface area contributed by atoms with Crippen molar-refractivity contribution in [3.63, 3.8) is 0 Å². The number of aryl methyl sites for hydroxylation is 1. The molecule has 0 aliphatic carbocycles. The number of hydrogen-bond donors (Lipinski definition) is 1. The SMILES string of the molecule is CC(CN)C(F)c1cnn(C)n1. The minimum atomic E-state index is -1.11. The van der Waals surface area contributed by atoms with Crippen LogP contribution in [0.3, 0.4) is 0 Å². The molecule has 1 aromatic heterocycles. The lowest BCUT2D eigenvalue weighted by atomic mass is 10.0. The predicted octanol–water partition coefficient (Wildman–Crippen LogP) is 0.420. The van der Waals surface area contributed by atoms with Gasteiger partial charge in [0.05, 0.1) is 6.20 Å². The Kier molecular flexibility index (Phi) is 2.75. The summed E-state index contributed by atoms with van der Waals surface area (Å²) < 4.78 is 13.3. The molecule has 12 heavy (non-hydrogen) atoms. The van der Waals surface area contributed by atoms with Crippen molar-refractivity contribution < 1.29 is 4.39 Å². The summed E-state index contributed by atoms with van der Waals surface area (Å²) in [6.45, 7) is 2.07. The van der Waals surface area contributed by atoms with Crippen molar-refractivity contribution in [3.8, 4) is 0 Å². The zero-order valence-electron chi connectivity index (χ0n) is 7.24. The fourth-order valence-corrected chi connectivity index (χ4v) is 0.899. The Morgan fingerprint density at radius 2 is 2.42 bits per heavy atom. The molecular formula is C7H13FN4. The first-order valence-corrected chi connectivity index (χ1v) is 3.85. The van der Waals surface area contributed by atoms with Gasteiger partial charge in [0.2, 0.25) is 0 Å². The van der Waals surface area contributed by atoms with E-state index in [2.05, 4.69) is 10.2 Å². The van der Waals surface area contributed by atoms with E-state index in [1.54, 1.807) is 14.0 Å². The summed E-state index contributed by atoms with van der Waals surface area (Å²) >= 11 is 0. The van der Waals surface area contributed by atoms with Crippen LogP contribution in [0.15, 0.2) is 6.20 Å². The van der Waals surface area contributed by atoms with Crippen LogP contribution in [0.1, 0.15) is 18.8 Å². The van der Waals surface area contributed by atoms with Crippen molar-refractivity contribution in [1.29, 1.82) is 0 Å². The minimum absolute atomic E-state index is 0.207. The van der Waals surface area contributed by atoms with Crippen LogP contribution in [0.5, 0.6) is 0 Å². The van der Waals surface area contributed by atoms with Crippen molar-refractivity contribution in [1.82, 2.24) is 15.0 Å². The molecule has 2 atom stereocenters. The Morgan fingerprint density at radius 3 is 2.83 bits per heavy atom. The molecule has 0 spiro atoms. The topological polar surface area (TPSA) is 56.7 Å². The first kappa shape index (κ1) is 9.12. The molecule has 1 rings (SSSR count). The molecule has 2 unspecified atom stereocenters. The summed E-state index contributed by atoms with van der Waals surface area (Å²) in [5.41, 5.74) is 5.68. The monoisotopic (exact) mass is 172 g/mol. The molecule has 0 amide bonds. The largest absolute Gasteiger partial charge is 0.330 e. The molecule has 1 aromatic rings. The third-order valence-corrected chi connectivity index (χ3v) is 1.77. The number of aromatic nitrogens is 3. The first-order valence-electron chi connectivity index (χ1n) is 3.85. The van der Waals surface area contributed by atoms with Gasteiger partial charge in [-0.05, 0) is 6.54 Å². The van der Waals surface area contributed by atoms with Crippen molar-refractivity contribution in [3.05, 3.63) is 11.9 Å². The van der Waals surface area contributed by atoms with Gasteiger partial charge in [-0.15, -0.1) is 0 Å². The van der Waals surface area contributed by atoms with Gasteiger partial charge in [0.15, 0.2) is 0 Å². The molecule has 2 N–H and O–H groups in total. The highest BCUT2D eigenvalue weighted by atomic mass is 19.1. The second-order valence-corrected chi connectivity index (χ2v) is 2.87. The average molecular weight is 172 g/mol. The van der Waals surface area contributed by atoms with E-state index in [1.165, 1.54) is 11.0 Å². The minimum Gasteiger partial charge on any atom is -0.330 e. The van der Waals surface area contributed by atoms with E-state index in [0.717, 1.165) is 0 Å². The second-order valence-electron chi connectivity index (χ2n) is 2.87. The third-order valence-electron chi connectivity index (χ3n) is 1.77. The molecule has 0 bridgehead atoms. The van der Waals surface area contributed by atoms with Crippen LogP contribution in [-0.4, -0.2) is 21.5 Å². The molecule has 68 valence electrons. The molecule has 0 aromatic carbocycles. The summed E-state index contributed by atoms with van der Waals surface area (Å²) in [5, 5.41) is 7.63. The van der Waals surface area contributed by atoms with E-state index >= 15 is 0 Å². The van der Waals surface area contributed by atoms with Crippen LogP contribution in [0, 0.1) is 5.92 Å². The molecule has 0 aliphatic heterocycles. The fourth-order valence-electron chi connectivity index (χ4n) is 0.899. The lowest BCUT2D eigenvalue weighted by molar-refractivity contribution is 0.244. The molecule has 1 heterocycles. The van der Waals surface area contributed by atoms with E-state index in [1.807, 2.05) is 0 Å². The van der Waals surface area contributed by atoms with E-state index in [-0.39, 0.29) is 5.92 Å². The smallest absolute Gasteiger partial charge is 0.149 e. The summed E-state index contributed by atoms with van der Waals surface area (Å²) in [7, 11) is 1.66. The number of nitrogens with two attached hydrogens (primary N) is 1. The summed E-state index contributed by atoms with van der Waals surface area (Å²) in [4.78, 5) is 1.34. The van der Waals surface area contributed by atoms with Crippen LogP contribution < -0.4 is 5.73 Å². The van der Waals surface area contributed by atoms with Crippen molar-refractivity contribution in [2.24, 2.45) is 18.7 Å². The summed E-state index contributed by atoms with van der Waals surface area (Å²) in [6.07, 6.45) is 0.320. The maximum absolute atomic E-state index is 13.3. The maximum Gasteiger partial charge on any atom is 0.149 e. The molecular weight excluding hydrogens is 159 g/mol. The van der Waals surface area contributed by atoms with E-state index in [9.17, 15) is 4.39 Å². The van der Waals surface area contributed by atoms with Gasteiger partial charge in [-0.25, -0.2) is 4.39 Å². The van der Waals surface area contributed by atoms with E-state index < -0.39 is 6.17 Å². The number of halogens is 1. The Hall–Kier alpha value is -0.970. The lowest BCUT2D eigenvalue weighted by Gasteiger charge is -2.10. The Labute approximate surface area is 70.6 Å². The van der Waals surface area contributed by atoms with Crippen LogP contribution in [0.2, 0.25) is 0 Å². The van der Waals surface area contributed by atoms with Gasteiger partial charge in [0, 0.05) is 13.0 Å². The average Bonchev–Trinajstić information content (AvgIpc) is 2.49. The highest BCUT2D eigenvalue weighted by molar-refractivity contribution is 4.98. The molecule has 0 saturated heterocycles. The summed E-state index contributed by atoms with van der Waals surface area (Å²) in [6, 6.07) is 0. The number of alkyl halides is 1. The molecule has 0 fully saturated rings. The predicted molar refractivity (Wildman–Crippen MR) is 43.1 cm³/mol. The number of hydrogen-bond acceptors (Lipinski definition) is 3. The van der Waals surface area contributed by atoms with Gasteiger partial charge in [0.25, 0.3) is 0 Å². The van der Waals surface area contributed by atoms with Crippen molar-refractivity contribution in [2.45, 2.75) is 13.1 Å². The van der Waals surface area contributed by atoms with Crippen LogP contribution in [0.4, 0.5) is 4.39 Å². The quantitative estimate of drug-likeness (QED) is 0.718. The normalized spacial score (nSPS) is 16.0. The number of nitrogens with zero attached hydrogens (tertiary/aromatic N) is 3. The van der Waals surface area contributed by atoms with Crippen molar-refractivity contribution in [2.75, 3.05) is 6.54 Å². The van der Waals surface area contributed by atoms with E-state index in [4.69, 9.17) is 5.73 Å². The Balaban J connectivity index is 2.70. The Bertz CT molecular complexity index is 247. The number of rotatable bonds is 3. The highest BCUT2D eigenvalue weighted by Gasteiger charge is 2.19. The fraction of sp³-hybridized carbons (Fsp3) is 0.714. The van der Waals surface area contributed by atoms with Crippen LogP contribution in [-0.2, 0) is 7.05 Å². The molecule has 5 heteroatoms. The second kappa shape index (κ2) is 3.62. The zero-order valence-corrected chi connectivity index (χ0v) is 7.24. The van der Waals surface area contributed by atoms with Gasteiger partial charge < -0.3 is 5.73 Å². The van der Waals surface area contributed by atoms with Crippen molar-refractivity contribution >= 4 is 0 Å². The maximum atomic E-state index is 13.3. The van der Waals surface area contributed by atoms with Gasteiger partial charge in [-0.1, -0.05) is 6.92 Å². The van der Waals surface area contributed by atoms with Gasteiger partial charge >= 0.3 is 0 Å². The molecule has 4 nitrogen and oxygen atoms in total. The first-order chi connectivity index (χ1) is 5.65. The highest BCUT2D eigenvalue weighted by Crippen LogP contribution is 2.22. The van der Waals surface area contributed by atoms with Crippen LogP contribution in [0.25, 0.3) is 0 Å². The lowest BCUT2D eigenvalue weighted by Crippen LogP contribution is -2.16. The standard InChI is InChI=1S/C7H13FN4/c1-5(3-9)7(8)6-4-10-12(2)11-6/h4-5,7H,3,9H2,1-2H3. The van der Waals surface area contributed by atoms with Gasteiger partial charge in [-0.3, -0.25) is 0 Å².